The number of halogens is 6. The molecule has 0 amide bonds. The van der Waals surface area contributed by atoms with E-state index in [0.29, 0.717) is 25.9 Å². The molecule has 0 fully saturated rings. The lowest BCUT2D eigenvalue weighted by Gasteiger charge is -2.28. The molecule has 2 aliphatic heterocycles. The van der Waals surface area contributed by atoms with Crippen LogP contribution in [0.1, 0.15) is 58.8 Å². The van der Waals surface area contributed by atoms with Crippen molar-refractivity contribution in [3.8, 4) is 0 Å². The molecule has 0 aromatic carbocycles. The van der Waals surface area contributed by atoms with Crippen LogP contribution in [0.2, 0.25) is 0 Å². The molecule has 19 heteroatoms. The van der Waals surface area contributed by atoms with Crippen molar-refractivity contribution in [1.82, 2.24) is 0 Å². The predicted octanol–water partition coefficient (Wildman–Crippen LogP) is 8.13. The van der Waals surface area contributed by atoms with E-state index in [1.54, 1.807) is 18.2 Å². The Labute approximate surface area is 330 Å². The molecule has 0 radical (unpaired) electrons. The maximum absolute atomic E-state index is 13.2. The number of ether oxygens (including phenoxy) is 7. The van der Waals surface area contributed by atoms with Gasteiger partial charge in [0.05, 0.1) is 31.0 Å². The molecule has 2 heterocycles. The summed E-state index contributed by atoms with van der Waals surface area (Å²) in [5.41, 5.74) is 1.91. The van der Waals surface area contributed by atoms with E-state index >= 15 is 0 Å². The first-order chi connectivity index (χ1) is 26.8. The highest BCUT2D eigenvalue weighted by Crippen LogP contribution is 2.50. The van der Waals surface area contributed by atoms with Crippen molar-refractivity contribution in [2.45, 2.75) is 108 Å². The van der Waals surface area contributed by atoms with Gasteiger partial charge in [0.25, 0.3) is 0 Å². The summed E-state index contributed by atoms with van der Waals surface area (Å²) in [5, 5.41) is 0. The van der Waals surface area contributed by atoms with Gasteiger partial charge in [-0.3, -0.25) is 18.4 Å². The first-order valence-electron chi connectivity index (χ1n) is 18.3. The second-order valence-corrected chi connectivity index (χ2v) is 15.8. The number of aldehydes is 1. The lowest BCUT2D eigenvalue weighted by Crippen LogP contribution is -2.34. The average Bonchev–Trinajstić information content (AvgIpc) is 3.11. The van der Waals surface area contributed by atoms with Crippen molar-refractivity contribution in [3.63, 3.8) is 0 Å². The first-order valence-corrected chi connectivity index (χ1v) is 20.0. The zero-order valence-electron chi connectivity index (χ0n) is 32.7. The Morgan fingerprint density at radius 3 is 2.32 bits per heavy atom. The van der Waals surface area contributed by atoms with Crippen LogP contribution in [0, 0.1) is 5.92 Å². The number of methoxy groups -OCH3 is 2. The zero-order valence-corrected chi connectivity index (χ0v) is 33.6. The summed E-state index contributed by atoms with van der Waals surface area (Å²) in [7, 11) is -2.56. The van der Waals surface area contributed by atoms with Gasteiger partial charge in [0.1, 0.15) is 38.2 Å². The number of hydrogen-bond donors (Lipinski definition) is 0. The van der Waals surface area contributed by atoms with Crippen LogP contribution >= 0.6 is 7.60 Å². The van der Waals surface area contributed by atoms with Crippen molar-refractivity contribution in [3.05, 3.63) is 60.3 Å². The Hall–Kier alpha value is -2.67. The van der Waals surface area contributed by atoms with E-state index in [4.69, 9.17) is 33.2 Å². The number of esters is 1. The predicted molar refractivity (Wildman–Crippen MR) is 196 cm³/mol. The van der Waals surface area contributed by atoms with Gasteiger partial charge in [-0.25, -0.2) is 0 Å². The van der Waals surface area contributed by atoms with Crippen molar-refractivity contribution in [2.75, 3.05) is 53.8 Å². The fourth-order valence-electron chi connectivity index (χ4n) is 5.86. The molecule has 12 nitrogen and oxygen atoms in total. The van der Waals surface area contributed by atoms with Crippen molar-refractivity contribution in [1.29, 1.82) is 0 Å². The minimum Gasteiger partial charge on any atom is -0.458 e. The maximum atomic E-state index is 13.2. The van der Waals surface area contributed by atoms with Crippen LogP contribution in [0.25, 0.3) is 0 Å². The molecule has 0 aromatic heterocycles. The molecule has 0 bridgehead atoms. The van der Waals surface area contributed by atoms with Gasteiger partial charge in [0, 0.05) is 27.1 Å². The van der Waals surface area contributed by atoms with Crippen molar-refractivity contribution >= 4 is 19.9 Å². The zero-order chi connectivity index (χ0) is 42.5. The first kappa shape index (κ1) is 50.5. The standard InChI is InChI=1S/C38H55F6O12P/c1-27-15-17-50-32(19-27)12-13-34(52-26-49-5)35(56-36(46)22-57(47,53-23-37(39,40)41)54-24-38(42,43)44)11-7-9-31(51-25-48-4)20-28(2)18-29(3)21-33-10-6-8-30(55-33)14-16-45/h6-9,12-13,15-16,29-35H,2,10-11,14,17-26H2,1,3-5H3/b9-7+,13-12+/t29-,30-,31+,32+,33-,34-,35-/m0/s1. The van der Waals surface area contributed by atoms with Gasteiger partial charge in [0.15, 0.2) is 13.2 Å². The Balaban J connectivity index is 2.28. The summed E-state index contributed by atoms with van der Waals surface area (Å²) >= 11 is 0. The topological polar surface area (TPSA) is 134 Å². The SMILES string of the molecule is C=C(C[C@H](C)C[C@@H]1CC=C[C@@H](CC=O)O1)C[C@@H](/C=C/C[C@H](OC(=O)CP(=O)(OCC(F)(F)F)OCC(F)(F)F)[C@H](/C=C/[C@@H]1CC(C)=CCO1)OCOC)OCOC. The molecule has 0 aliphatic carbocycles. The number of hydrogen-bond acceptors (Lipinski definition) is 12. The molecule has 0 N–H and O–H groups in total. The van der Waals surface area contributed by atoms with E-state index in [1.165, 1.54) is 20.3 Å². The van der Waals surface area contributed by atoms with E-state index < -0.39 is 63.6 Å². The number of rotatable bonds is 27. The lowest BCUT2D eigenvalue weighted by atomic mass is 9.91. The molecule has 0 unspecified atom stereocenters. The smallest absolute Gasteiger partial charge is 0.412 e. The highest BCUT2D eigenvalue weighted by molar-refractivity contribution is 7.54. The Kier molecular flexibility index (Phi) is 22.8. The number of alkyl halides is 6. The van der Waals surface area contributed by atoms with Gasteiger partial charge < -0.3 is 38.0 Å². The Morgan fingerprint density at radius 2 is 1.70 bits per heavy atom. The van der Waals surface area contributed by atoms with Gasteiger partial charge in [-0.2, -0.15) is 26.3 Å². The lowest BCUT2D eigenvalue weighted by molar-refractivity contribution is -0.168. The number of carbonyl (C=O) groups excluding carboxylic acids is 2. The van der Waals surface area contributed by atoms with E-state index in [2.05, 4.69) is 22.6 Å². The highest BCUT2D eigenvalue weighted by atomic mass is 31.2. The molecule has 2 rings (SSSR count). The van der Waals surface area contributed by atoms with Gasteiger partial charge in [-0.15, -0.1) is 0 Å². The quantitative estimate of drug-likeness (QED) is 0.0197. The normalized spacial score (nSPS) is 21.6. The largest absolute Gasteiger partial charge is 0.458 e. The molecule has 57 heavy (non-hydrogen) atoms. The third-order valence-corrected chi connectivity index (χ3v) is 10.0. The van der Waals surface area contributed by atoms with Crippen LogP contribution in [0.3, 0.4) is 0 Å². The summed E-state index contributed by atoms with van der Waals surface area (Å²) in [6.45, 7) is 3.68. The fourth-order valence-corrected chi connectivity index (χ4v) is 7.19. The summed E-state index contributed by atoms with van der Waals surface area (Å²) in [6, 6.07) is 0. The molecule has 7 atom stereocenters. The second-order valence-electron chi connectivity index (χ2n) is 13.8. The summed E-state index contributed by atoms with van der Waals surface area (Å²) in [5.74, 6) is -1.30. The molecule has 2 aliphatic rings. The Bertz CT molecular complexity index is 1380. The van der Waals surface area contributed by atoms with Crippen LogP contribution in [0.15, 0.2) is 60.3 Å². The Morgan fingerprint density at radius 1 is 1.04 bits per heavy atom. The van der Waals surface area contributed by atoms with E-state index in [9.17, 15) is 40.5 Å². The van der Waals surface area contributed by atoms with Gasteiger partial charge in [0.2, 0.25) is 0 Å². The van der Waals surface area contributed by atoms with E-state index in [-0.39, 0.29) is 50.7 Å². The van der Waals surface area contributed by atoms with Gasteiger partial charge in [-0.05, 0) is 44.9 Å². The fraction of sp³-hybridized carbons (Fsp3) is 0.684. The molecular weight excluding hydrogens is 793 g/mol. The van der Waals surface area contributed by atoms with Crippen molar-refractivity contribution < 1.29 is 82.7 Å². The maximum Gasteiger partial charge on any atom is 0.412 e. The molecular formula is C38H55F6O12P. The van der Waals surface area contributed by atoms with E-state index in [0.717, 1.165) is 30.3 Å². The van der Waals surface area contributed by atoms with Crippen LogP contribution in [0.5, 0.6) is 0 Å². The minimum absolute atomic E-state index is 0.0448. The molecule has 0 spiro atoms. The number of carbonyl (C=O) groups is 2. The highest BCUT2D eigenvalue weighted by Gasteiger charge is 2.41. The van der Waals surface area contributed by atoms with Crippen LogP contribution < -0.4 is 0 Å². The van der Waals surface area contributed by atoms with Gasteiger partial charge in [-0.1, -0.05) is 67.2 Å². The monoisotopic (exact) mass is 848 g/mol. The molecule has 0 aromatic rings. The third-order valence-electron chi connectivity index (χ3n) is 8.34. The summed E-state index contributed by atoms with van der Waals surface area (Å²) in [4.78, 5) is 24.1. The van der Waals surface area contributed by atoms with E-state index in [1.807, 2.05) is 25.2 Å². The van der Waals surface area contributed by atoms with Crippen LogP contribution in [-0.4, -0.2) is 115 Å². The average molecular weight is 849 g/mol. The minimum atomic E-state index is -5.33. The second kappa shape index (κ2) is 25.7. The van der Waals surface area contributed by atoms with Crippen molar-refractivity contribution in [2.24, 2.45) is 5.92 Å². The molecule has 326 valence electrons. The molecule has 0 saturated carbocycles. The summed E-state index contributed by atoms with van der Waals surface area (Å²) < 4.78 is 138. The third kappa shape index (κ3) is 22.9. The summed E-state index contributed by atoms with van der Waals surface area (Å²) in [6.07, 6.45) is 0.814. The molecule has 0 saturated heterocycles. The van der Waals surface area contributed by atoms with Gasteiger partial charge >= 0.3 is 25.9 Å². The van der Waals surface area contributed by atoms with Crippen LogP contribution in [-0.2, 0) is 56.4 Å². The van der Waals surface area contributed by atoms with Crippen LogP contribution in [0.4, 0.5) is 26.3 Å².